The molecule has 2 rings (SSSR count). The minimum absolute atomic E-state index is 0.0226. The molecule has 0 radical (unpaired) electrons. The van der Waals surface area contributed by atoms with Crippen molar-refractivity contribution in [3.63, 3.8) is 0 Å². The van der Waals surface area contributed by atoms with E-state index in [1.54, 1.807) is 0 Å². The smallest absolute Gasteiger partial charge is 0.137 e. The molecule has 5 heteroatoms. The number of benzene rings is 1. The normalized spacial score (nSPS) is 26.1. The Morgan fingerprint density at radius 1 is 1.39 bits per heavy atom. The molecular weight excluding hydrogens is 306 g/mol. The van der Waals surface area contributed by atoms with Gasteiger partial charge in [0.25, 0.3) is 0 Å². The van der Waals surface area contributed by atoms with E-state index in [0.29, 0.717) is 19.6 Å². The van der Waals surface area contributed by atoms with Crippen molar-refractivity contribution in [2.24, 2.45) is 11.8 Å². The van der Waals surface area contributed by atoms with Gasteiger partial charge in [-0.05, 0) is 46.3 Å². The second-order valence-electron chi connectivity index (χ2n) is 4.74. The molecule has 18 heavy (non-hydrogen) atoms. The molecule has 1 N–H and O–H groups in total. The van der Waals surface area contributed by atoms with Gasteiger partial charge in [-0.15, -0.1) is 0 Å². The number of hydrogen-bond donors (Lipinski definition) is 1. The average Bonchev–Trinajstić information content (AvgIpc) is 2.33. The lowest BCUT2D eigenvalue weighted by Gasteiger charge is -2.32. The molecule has 3 atom stereocenters. The molecule has 0 spiro atoms. The number of ether oxygens (including phenoxy) is 1. The van der Waals surface area contributed by atoms with E-state index in [-0.39, 0.29) is 21.9 Å². The molecule has 1 heterocycles. The van der Waals surface area contributed by atoms with Crippen molar-refractivity contribution in [3.8, 4) is 0 Å². The molecule has 3 unspecified atom stereocenters. The molecule has 1 aliphatic heterocycles. The minimum atomic E-state index is -0.994. The van der Waals surface area contributed by atoms with Crippen molar-refractivity contribution >= 4 is 15.9 Å². The highest BCUT2D eigenvalue weighted by Crippen LogP contribution is 2.35. The fourth-order valence-corrected chi connectivity index (χ4v) is 2.68. The minimum Gasteiger partial charge on any atom is -0.388 e. The molecule has 1 fully saturated rings. The van der Waals surface area contributed by atoms with Crippen molar-refractivity contribution in [2.75, 3.05) is 13.2 Å². The van der Waals surface area contributed by atoms with Gasteiger partial charge in [-0.3, -0.25) is 0 Å². The standard InChI is InChI=1S/C13H15BrF2O2/c1-7-6-18-3-2-8(7)13(17)9-4-12(16)10(14)5-11(9)15/h4-5,7-8,13,17H,2-3,6H2,1H3. The summed E-state index contributed by atoms with van der Waals surface area (Å²) in [6, 6.07) is 2.12. The molecule has 0 aromatic heterocycles. The van der Waals surface area contributed by atoms with Crippen LogP contribution in [0.4, 0.5) is 8.78 Å². The Balaban J connectivity index is 2.27. The number of halogens is 3. The van der Waals surface area contributed by atoms with E-state index in [4.69, 9.17) is 4.74 Å². The fourth-order valence-electron chi connectivity index (χ4n) is 2.36. The molecule has 1 aromatic carbocycles. The molecule has 100 valence electrons. The van der Waals surface area contributed by atoms with Crippen LogP contribution in [0.5, 0.6) is 0 Å². The van der Waals surface area contributed by atoms with Gasteiger partial charge >= 0.3 is 0 Å². The maximum absolute atomic E-state index is 13.8. The highest BCUT2D eigenvalue weighted by Gasteiger charge is 2.31. The second-order valence-corrected chi connectivity index (χ2v) is 5.59. The van der Waals surface area contributed by atoms with E-state index in [1.807, 2.05) is 6.92 Å². The quantitative estimate of drug-likeness (QED) is 0.846. The van der Waals surface area contributed by atoms with Crippen LogP contribution in [0.3, 0.4) is 0 Å². The Bertz CT molecular complexity index is 439. The van der Waals surface area contributed by atoms with E-state index in [2.05, 4.69) is 15.9 Å². The van der Waals surface area contributed by atoms with Crippen LogP contribution in [0, 0.1) is 23.5 Å². The first-order chi connectivity index (χ1) is 8.50. The van der Waals surface area contributed by atoms with Crippen molar-refractivity contribution < 1.29 is 18.6 Å². The van der Waals surface area contributed by atoms with Crippen LogP contribution in [0.1, 0.15) is 25.0 Å². The van der Waals surface area contributed by atoms with Gasteiger partial charge < -0.3 is 9.84 Å². The molecule has 1 aliphatic rings. The zero-order valence-electron chi connectivity index (χ0n) is 10.00. The second kappa shape index (κ2) is 5.63. The molecule has 0 aliphatic carbocycles. The summed E-state index contributed by atoms with van der Waals surface area (Å²) in [5, 5.41) is 10.2. The van der Waals surface area contributed by atoms with Crippen LogP contribution in [-0.2, 0) is 4.74 Å². The van der Waals surface area contributed by atoms with Crippen LogP contribution >= 0.6 is 15.9 Å². The van der Waals surface area contributed by atoms with E-state index < -0.39 is 17.7 Å². The van der Waals surface area contributed by atoms with E-state index >= 15 is 0 Å². The fraction of sp³-hybridized carbons (Fsp3) is 0.538. The van der Waals surface area contributed by atoms with Crippen LogP contribution < -0.4 is 0 Å². The van der Waals surface area contributed by atoms with Gasteiger partial charge in [0.1, 0.15) is 11.6 Å². The number of hydrogen-bond acceptors (Lipinski definition) is 2. The van der Waals surface area contributed by atoms with Crippen molar-refractivity contribution in [3.05, 3.63) is 33.8 Å². The Hall–Kier alpha value is -0.520. The van der Waals surface area contributed by atoms with Crippen molar-refractivity contribution in [2.45, 2.75) is 19.4 Å². The summed E-state index contributed by atoms with van der Waals surface area (Å²) in [5.41, 5.74) is 0.0226. The van der Waals surface area contributed by atoms with Gasteiger partial charge in [0, 0.05) is 18.8 Å². The van der Waals surface area contributed by atoms with Crippen LogP contribution in [0.25, 0.3) is 0 Å². The first-order valence-corrected chi connectivity index (χ1v) is 6.70. The van der Waals surface area contributed by atoms with Crippen LogP contribution in [0.15, 0.2) is 16.6 Å². The van der Waals surface area contributed by atoms with Gasteiger partial charge in [-0.1, -0.05) is 6.92 Å². The summed E-state index contributed by atoms with van der Waals surface area (Å²) < 4.78 is 32.6. The molecule has 0 saturated carbocycles. The van der Waals surface area contributed by atoms with E-state index in [1.165, 1.54) is 0 Å². The molecule has 0 bridgehead atoms. The third-order valence-electron chi connectivity index (χ3n) is 3.47. The van der Waals surface area contributed by atoms with Crippen molar-refractivity contribution in [1.82, 2.24) is 0 Å². The van der Waals surface area contributed by atoms with Gasteiger partial charge in [-0.25, -0.2) is 8.78 Å². The molecule has 1 saturated heterocycles. The monoisotopic (exact) mass is 320 g/mol. The third-order valence-corrected chi connectivity index (χ3v) is 4.08. The lowest BCUT2D eigenvalue weighted by atomic mass is 9.82. The first kappa shape index (κ1) is 13.9. The Morgan fingerprint density at radius 3 is 2.78 bits per heavy atom. The molecule has 0 amide bonds. The first-order valence-electron chi connectivity index (χ1n) is 5.91. The highest BCUT2D eigenvalue weighted by molar-refractivity contribution is 9.10. The van der Waals surface area contributed by atoms with Gasteiger partial charge in [-0.2, -0.15) is 0 Å². The van der Waals surface area contributed by atoms with E-state index in [9.17, 15) is 13.9 Å². The van der Waals surface area contributed by atoms with Gasteiger partial charge in [0.15, 0.2) is 0 Å². The molecule has 1 aromatic rings. The predicted molar refractivity (Wildman–Crippen MR) is 67.1 cm³/mol. The topological polar surface area (TPSA) is 29.5 Å². The summed E-state index contributed by atoms with van der Waals surface area (Å²) in [4.78, 5) is 0. The van der Waals surface area contributed by atoms with Gasteiger partial charge in [0.05, 0.1) is 10.6 Å². The lowest BCUT2D eigenvalue weighted by molar-refractivity contribution is -0.0321. The van der Waals surface area contributed by atoms with Gasteiger partial charge in [0.2, 0.25) is 0 Å². The number of aliphatic hydroxyl groups is 1. The summed E-state index contributed by atoms with van der Waals surface area (Å²) in [7, 11) is 0. The zero-order valence-corrected chi connectivity index (χ0v) is 11.6. The Labute approximate surface area is 113 Å². The summed E-state index contributed by atoms with van der Waals surface area (Å²) >= 11 is 2.92. The van der Waals surface area contributed by atoms with Crippen molar-refractivity contribution in [1.29, 1.82) is 0 Å². The molecule has 2 nitrogen and oxygen atoms in total. The SMILES string of the molecule is CC1COCCC1C(O)c1cc(F)c(Br)cc1F. The average molecular weight is 321 g/mol. The predicted octanol–water partition coefficient (Wildman–Crippen LogP) is 3.43. The largest absolute Gasteiger partial charge is 0.388 e. The zero-order chi connectivity index (χ0) is 13.3. The third kappa shape index (κ3) is 2.73. The highest BCUT2D eigenvalue weighted by atomic mass is 79.9. The van der Waals surface area contributed by atoms with Crippen LogP contribution in [-0.4, -0.2) is 18.3 Å². The maximum atomic E-state index is 13.8. The maximum Gasteiger partial charge on any atom is 0.137 e. The molecular formula is C13H15BrF2O2. The summed E-state index contributed by atoms with van der Waals surface area (Å²) in [5.74, 6) is -1.13. The lowest BCUT2D eigenvalue weighted by Crippen LogP contribution is -2.30. The van der Waals surface area contributed by atoms with Crippen LogP contribution in [0.2, 0.25) is 0 Å². The number of rotatable bonds is 2. The van der Waals surface area contributed by atoms with E-state index in [0.717, 1.165) is 12.1 Å². The Morgan fingerprint density at radius 2 is 2.11 bits per heavy atom. The number of aliphatic hydroxyl groups excluding tert-OH is 1. The Kier molecular flexibility index (Phi) is 4.35. The summed E-state index contributed by atoms with van der Waals surface area (Å²) in [6.07, 6.45) is -0.342. The summed E-state index contributed by atoms with van der Waals surface area (Å²) in [6.45, 7) is 3.04.